The van der Waals surface area contributed by atoms with Gasteiger partial charge in [-0.2, -0.15) is 5.10 Å². The predicted octanol–water partition coefficient (Wildman–Crippen LogP) is 2.04. The Morgan fingerprint density at radius 2 is 2.29 bits per heavy atom. The summed E-state index contributed by atoms with van der Waals surface area (Å²) in [6.07, 6.45) is 2.72. The van der Waals surface area contributed by atoms with E-state index in [9.17, 15) is 4.79 Å². The number of aromatic nitrogens is 2. The maximum atomic E-state index is 12.1. The highest BCUT2D eigenvalue weighted by molar-refractivity contribution is 6.30. The number of nitrogens with zero attached hydrogens (tertiary/aromatic N) is 2. The van der Waals surface area contributed by atoms with Crippen molar-refractivity contribution in [3.05, 3.63) is 47.2 Å². The summed E-state index contributed by atoms with van der Waals surface area (Å²) in [5, 5.41) is 11.1. The van der Waals surface area contributed by atoms with Crippen molar-refractivity contribution in [1.82, 2.24) is 20.4 Å². The molecule has 1 amide bonds. The summed E-state index contributed by atoms with van der Waals surface area (Å²) < 4.78 is 1.65. The summed E-state index contributed by atoms with van der Waals surface area (Å²) in [5.74, 6) is -0.139. The molecule has 0 spiro atoms. The summed E-state index contributed by atoms with van der Waals surface area (Å²) in [4.78, 5) is 12.1. The van der Waals surface area contributed by atoms with E-state index in [-0.39, 0.29) is 24.4 Å². The fraction of sp³-hybridized carbons (Fsp3) is 0.286. The van der Waals surface area contributed by atoms with Gasteiger partial charge in [0.2, 0.25) is 0 Å². The van der Waals surface area contributed by atoms with E-state index >= 15 is 0 Å². The van der Waals surface area contributed by atoms with Crippen molar-refractivity contribution >= 4 is 29.9 Å². The minimum Gasteiger partial charge on any atom is -0.347 e. The third-order valence-electron chi connectivity index (χ3n) is 3.29. The van der Waals surface area contributed by atoms with E-state index in [0.29, 0.717) is 10.7 Å². The van der Waals surface area contributed by atoms with Crippen LogP contribution in [0.25, 0.3) is 5.69 Å². The van der Waals surface area contributed by atoms with Crippen LogP contribution >= 0.6 is 24.0 Å². The van der Waals surface area contributed by atoms with Gasteiger partial charge in [0.05, 0.1) is 5.69 Å². The molecular formula is C14H16Cl2N4O. The van der Waals surface area contributed by atoms with Crippen molar-refractivity contribution in [2.45, 2.75) is 12.5 Å². The van der Waals surface area contributed by atoms with Gasteiger partial charge in [0.25, 0.3) is 5.91 Å². The monoisotopic (exact) mass is 326 g/mol. The van der Waals surface area contributed by atoms with E-state index in [1.54, 1.807) is 29.1 Å². The summed E-state index contributed by atoms with van der Waals surface area (Å²) in [7, 11) is 0. The lowest BCUT2D eigenvalue weighted by molar-refractivity contribution is 0.0934. The Morgan fingerprint density at radius 3 is 3.00 bits per heavy atom. The van der Waals surface area contributed by atoms with Crippen LogP contribution in [0.1, 0.15) is 16.9 Å². The average Bonchev–Trinajstić information content (AvgIpc) is 3.09. The number of carbonyl (C=O) groups is 1. The summed E-state index contributed by atoms with van der Waals surface area (Å²) in [5.41, 5.74) is 1.25. The number of rotatable bonds is 3. The van der Waals surface area contributed by atoms with Crippen LogP contribution in [0.3, 0.4) is 0 Å². The third kappa shape index (κ3) is 3.75. The lowest BCUT2D eigenvalue weighted by Gasteiger charge is -2.09. The number of carbonyl (C=O) groups excluding carboxylic acids is 1. The SMILES string of the molecule is Cl.O=C(NC1CCNC1)c1ccn(-c2cccc(Cl)c2)n1. The van der Waals surface area contributed by atoms with Gasteiger partial charge in [0.15, 0.2) is 5.69 Å². The standard InChI is InChI=1S/C14H15ClN4O.ClH/c15-10-2-1-3-12(8-10)19-7-5-13(18-19)14(20)17-11-4-6-16-9-11;/h1-3,5,7-8,11,16H,4,6,9H2,(H,17,20);1H. The zero-order chi connectivity index (χ0) is 13.9. The average molecular weight is 327 g/mol. The summed E-state index contributed by atoms with van der Waals surface area (Å²) >= 11 is 5.95. The molecule has 1 aromatic heterocycles. The zero-order valence-corrected chi connectivity index (χ0v) is 12.8. The molecule has 0 aliphatic carbocycles. The highest BCUT2D eigenvalue weighted by Gasteiger charge is 2.19. The van der Waals surface area contributed by atoms with Gasteiger partial charge in [-0.15, -0.1) is 12.4 Å². The quantitative estimate of drug-likeness (QED) is 0.907. The maximum absolute atomic E-state index is 12.1. The van der Waals surface area contributed by atoms with Gasteiger partial charge >= 0.3 is 0 Å². The molecule has 1 saturated heterocycles. The first-order valence-corrected chi connectivity index (χ1v) is 6.93. The van der Waals surface area contributed by atoms with Crippen LogP contribution in [-0.4, -0.2) is 34.8 Å². The fourth-order valence-electron chi connectivity index (χ4n) is 2.24. The van der Waals surface area contributed by atoms with Crippen molar-refractivity contribution in [2.75, 3.05) is 13.1 Å². The lowest BCUT2D eigenvalue weighted by Crippen LogP contribution is -2.36. The first kappa shape index (κ1) is 15.8. The van der Waals surface area contributed by atoms with Crippen LogP contribution in [0.15, 0.2) is 36.5 Å². The van der Waals surface area contributed by atoms with Gasteiger partial charge < -0.3 is 10.6 Å². The molecule has 112 valence electrons. The summed E-state index contributed by atoms with van der Waals surface area (Å²) in [6.45, 7) is 1.77. The van der Waals surface area contributed by atoms with E-state index < -0.39 is 0 Å². The maximum Gasteiger partial charge on any atom is 0.272 e. The molecule has 1 fully saturated rings. The number of benzene rings is 1. The molecule has 7 heteroatoms. The van der Waals surface area contributed by atoms with Crippen LogP contribution < -0.4 is 10.6 Å². The van der Waals surface area contributed by atoms with E-state index in [0.717, 1.165) is 25.2 Å². The van der Waals surface area contributed by atoms with E-state index in [4.69, 9.17) is 11.6 Å². The molecule has 21 heavy (non-hydrogen) atoms. The highest BCUT2D eigenvalue weighted by atomic mass is 35.5. The molecule has 3 rings (SSSR count). The van der Waals surface area contributed by atoms with Crippen molar-refractivity contribution in [3.8, 4) is 5.69 Å². The van der Waals surface area contributed by atoms with Crippen LogP contribution in [-0.2, 0) is 0 Å². The minimum atomic E-state index is -0.139. The normalized spacial score (nSPS) is 17.3. The Bertz CT molecular complexity index is 623. The Morgan fingerprint density at radius 1 is 1.43 bits per heavy atom. The largest absolute Gasteiger partial charge is 0.347 e. The second kappa shape index (κ2) is 6.93. The number of hydrogen-bond acceptors (Lipinski definition) is 3. The number of amides is 1. The number of hydrogen-bond donors (Lipinski definition) is 2. The van der Waals surface area contributed by atoms with Crippen LogP contribution in [0, 0.1) is 0 Å². The first-order valence-electron chi connectivity index (χ1n) is 6.55. The van der Waals surface area contributed by atoms with Crippen LogP contribution in [0.5, 0.6) is 0 Å². The molecular weight excluding hydrogens is 311 g/mol. The molecule has 5 nitrogen and oxygen atoms in total. The first-order chi connectivity index (χ1) is 9.72. The molecule has 1 aliphatic rings. The van der Waals surface area contributed by atoms with E-state index in [2.05, 4.69) is 15.7 Å². The number of halogens is 2. The van der Waals surface area contributed by atoms with Gasteiger partial charge in [-0.1, -0.05) is 17.7 Å². The molecule has 1 aromatic carbocycles. The zero-order valence-electron chi connectivity index (χ0n) is 11.3. The van der Waals surface area contributed by atoms with Crippen molar-refractivity contribution < 1.29 is 4.79 Å². The van der Waals surface area contributed by atoms with E-state index in [1.807, 2.05) is 12.1 Å². The second-order valence-corrected chi connectivity index (χ2v) is 5.23. The van der Waals surface area contributed by atoms with Gasteiger partial charge in [0.1, 0.15) is 0 Å². The molecule has 1 unspecified atom stereocenters. The Labute approximate surface area is 134 Å². The second-order valence-electron chi connectivity index (χ2n) is 4.79. The highest BCUT2D eigenvalue weighted by Crippen LogP contribution is 2.14. The molecule has 1 atom stereocenters. The molecule has 2 N–H and O–H groups in total. The molecule has 0 radical (unpaired) electrons. The fourth-order valence-corrected chi connectivity index (χ4v) is 2.43. The van der Waals surface area contributed by atoms with Crippen LogP contribution in [0.2, 0.25) is 5.02 Å². The Balaban J connectivity index is 0.00000161. The van der Waals surface area contributed by atoms with Gasteiger partial charge in [-0.25, -0.2) is 4.68 Å². The molecule has 2 heterocycles. The molecule has 0 bridgehead atoms. The lowest BCUT2D eigenvalue weighted by atomic mass is 10.2. The predicted molar refractivity (Wildman–Crippen MR) is 84.6 cm³/mol. The number of nitrogens with one attached hydrogen (secondary N) is 2. The topological polar surface area (TPSA) is 59.0 Å². The molecule has 2 aromatic rings. The van der Waals surface area contributed by atoms with Gasteiger partial charge in [-0.05, 0) is 37.2 Å². The van der Waals surface area contributed by atoms with Gasteiger partial charge in [0, 0.05) is 23.8 Å². The summed E-state index contributed by atoms with van der Waals surface area (Å²) in [6, 6.07) is 9.24. The van der Waals surface area contributed by atoms with Crippen LogP contribution in [0.4, 0.5) is 0 Å². The van der Waals surface area contributed by atoms with Crippen molar-refractivity contribution in [1.29, 1.82) is 0 Å². The third-order valence-corrected chi connectivity index (χ3v) is 3.53. The molecule has 0 saturated carbocycles. The Hall–Kier alpha value is -1.56. The van der Waals surface area contributed by atoms with Gasteiger partial charge in [-0.3, -0.25) is 4.79 Å². The minimum absolute atomic E-state index is 0. The van der Waals surface area contributed by atoms with E-state index in [1.165, 1.54) is 0 Å². The Kier molecular flexibility index (Phi) is 5.22. The van der Waals surface area contributed by atoms with Crippen molar-refractivity contribution in [2.24, 2.45) is 0 Å². The van der Waals surface area contributed by atoms with Crippen molar-refractivity contribution in [3.63, 3.8) is 0 Å². The smallest absolute Gasteiger partial charge is 0.272 e. The molecule has 1 aliphatic heterocycles.